The highest BCUT2D eigenvalue weighted by Gasteiger charge is 2.37. The van der Waals surface area contributed by atoms with Gasteiger partial charge in [-0.1, -0.05) is 29.8 Å². The number of hydrogen-bond donors (Lipinski definition) is 2. The van der Waals surface area contributed by atoms with E-state index < -0.39 is 17.8 Å². The maximum absolute atomic E-state index is 13.2. The molecular formula is C29H25ClN2O6. The van der Waals surface area contributed by atoms with Gasteiger partial charge in [-0.2, -0.15) is 0 Å². The van der Waals surface area contributed by atoms with Crippen LogP contribution in [0.1, 0.15) is 23.6 Å². The maximum atomic E-state index is 13.2. The quantitative estimate of drug-likeness (QED) is 0.217. The van der Waals surface area contributed by atoms with Gasteiger partial charge in [-0.15, -0.1) is 6.58 Å². The molecule has 3 aromatic rings. The summed E-state index contributed by atoms with van der Waals surface area (Å²) >= 11 is 5.98. The number of rotatable bonds is 9. The number of carbonyl (C=O) groups excluding carboxylic acids is 3. The van der Waals surface area contributed by atoms with Gasteiger partial charge >= 0.3 is 6.03 Å². The van der Waals surface area contributed by atoms with Crippen molar-refractivity contribution in [3.05, 3.63) is 101 Å². The molecule has 4 rings (SSSR count). The Kier molecular flexibility index (Phi) is 8.13. The Balaban J connectivity index is 1.71. The Labute approximate surface area is 224 Å². The Morgan fingerprint density at radius 1 is 1.03 bits per heavy atom. The number of allylic oxidation sites excluding steroid dienone is 1. The van der Waals surface area contributed by atoms with Crippen LogP contribution < -0.4 is 19.7 Å². The fourth-order valence-corrected chi connectivity index (χ4v) is 4.02. The Morgan fingerprint density at radius 3 is 2.39 bits per heavy atom. The second kappa shape index (κ2) is 11.7. The number of amides is 4. The summed E-state index contributed by atoms with van der Waals surface area (Å²) in [4.78, 5) is 39.2. The van der Waals surface area contributed by atoms with Gasteiger partial charge < -0.3 is 14.6 Å². The van der Waals surface area contributed by atoms with Gasteiger partial charge in [0, 0.05) is 10.6 Å². The number of nitrogens with one attached hydrogen (secondary N) is 1. The first-order valence-electron chi connectivity index (χ1n) is 11.8. The van der Waals surface area contributed by atoms with Gasteiger partial charge in [0.25, 0.3) is 11.8 Å². The number of anilines is 1. The van der Waals surface area contributed by atoms with Crippen molar-refractivity contribution in [1.82, 2.24) is 5.32 Å². The number of phenolic OH excluding ortho intramolecular Hbond substituents is 1. The molecule has 0 saturated carbocycles. The highest BCUT2D eigenvalue weighted by atomic mass is 35.5. The average molecular weight is 533 g/mol. The molecule has 9 heteroatoms. The number of ether oxygens (including phenoxy) is 2. The summed E-state index contributed by atoms with van der Waals surface area (Å²) in [5.74, 6) is -0.689. The number of urea groups is 1. The van der Waals surface area contributed by atoms with Crippen LogP contribution in [0.5, 0.6) is 17.2 Å². The first-order chi connectivity index (χ1) is 18.3. The molecular weight excluding hydrogens is 508 g/mol. The van der Waals surface area contributed by atoms with Crippen molar-refractivity contribution >= 4 is 41.2 Å². The first kappa shape index (κ1) is 26.5. The lowest BCUT2D eigenvalue weighted by Gasteiger charge is -2.26. The smallest absolute Gasteiger partial charge is 0.335 e. The van der Waals surface area contributed by atoms with Crippen LogP contribution in [0.2, 0.25) is 5.02 Å². The SMILES string of the molecule is C=CCc1cc(/C=C2\C(=O)NC(=O)N(c3ccc(O)cc3)C2=O)cc(OCC)c1OCc1ccc(Cl)cc1. The van der Waals surface area contributed by atoms with Crippen molar-refractivity contribution in [2.24, 2.45) is 0 Å². The van der Waals surface area contributed by atoms with E-state index in [4.69, 9.17) is 21.1 Å². The van der Waals surface area contributed by atoms with Crippen LogP contribution in [0.15, 0.2) is 78.9 Å². The van der Waals surface area contributed by atoms with Crippen LogP contribution in [-0.4, -0.2) is 29.6 Å². The third kappa shape index (κ3) is 5.87. The van der Waals surface area contributed by atoms with Gasteiger partial charge in [0.2, 0.25) is 0 Å². The third-order valence-electron chi connectivity index (χ3n) is 5.64. The van der Waals surface area contributed by atoms with Crippen LogP contribution in [0, 0.1) is 0 Å². The lowest BCUT2D eigenvalue weighted by Crippen LogP contribution is -2.54. The number of imide groups is 2. The van der Waals surface area contributed by atoms with Gasteiger partial charge in [0.05, 0.1) is 12.3 Å². The number of carbonyl (C=O) groups is 3. The second-order valence-electron chi connectivity index (χ2n) is 8.32. The molecule has 1 aliphatic rings. The molecule has 0 bridgehead atoms. The summed E-state index contributed by atoms with van der Waals surface area (Å²) in [6.45, 7) is 6.28. The molecule has 0 radical (unpaired) electrons. The number of barbiturate groups is 1. The second-order valence-corrected chi connectivity index (χ2v) is 8.76. The summed E-state index contributed by atoms with van der Waals surface area (Å²) in [5.41, 5.74) is 2.12. The Morgan fingerprint density at radius 2 is 1.74 bits per heavy atom. The molecule has 1 fully saturated rings. The van der Waals surface area contributed by atoms with Gasteiger partial charge in [-0.05, 0) is 79.1 Å². The fourth-order valence-electron chi connectivity index (χ4n) is 3.90. The van der Waals surface area contributed by atoms with Crippen molar-refractivity contribution < 1.29 is 29.0 Å². The van der Waals surface area contributed by atoms with E-state index in [-0.39, 0.29) is 23.6 Å². The number of phenols is 1. The fraction of sp³-hybridized carbons (Fsp3) is 0.138. The molecule has 0 aromatic heterocycles. The van der Waals surface area contributed by atoms with E-state index in [0.29, 0.717) is 35.1 Å². The molecule has 1 aliphatic heterocycles. The summed E-state index contributed by atoms with van der Waals surface area (Å²) in [7, 11) is 0. The van der Waals surface area contributed by atoms with E-state index in [1.54, 1.807) is 30.3 Å². The molecule has 194 valence electrons. The topological polar surface area (TPSA) is 105 Å². The van der Waals surface area contributed by atoms with Crippen LogP contribution in [0.4, 0.5) is 10.5 Å². The van der Waals surface area contributed by atoms with Gasteiger partial charge in [-0.3, -0.25) is 14.9 Å². The van der Waals surface area contributed by atoms with E-state index in [1.807, 2.05) is 19.1 Å². The minimum atomic E-state index is -0.879. The predicted octanol–water partition coefficient (Wildman–Crippen LogP) is 5.42. The van der Waals surface area contributed by atoms with Gasteiger partial charge in [0.1, 0.15) is 17.9 Å². The third-order valence-corrected chi connectivity index (χ3v) is 5.89. The van der Waals surface area contributed by atoms with Crippen molar-refractivity contribution in [2.75, 3.05) is 11.5 Å². The molecule has 3 aromatic carbocycles. The van der Waals surface area contributed by atoms with Crippen LogP contribution in [0.3, 0.4) is 0 Å². The van der Waals surface area contributed by atoms with E-state index in [9.17, 15) is 19.5 Å². The number of hydrogen-bond acceptors (Lipinski definition) is 6. The Bertz CT molecular complexity index is 1410. The number of halogens is 1. The maximum Gasteiger partial charge on any atom is 0.335 e. The molecule has 0 aliphatic carbocycles. The number of benzene rings is 3. The van der Waals surface area contributed by atoms with Crippen LogP contribution in [0.25, 0.3) is 6.08 Å². The monoisotopic (exact) mass is 532 g/mol. The molecule has 1 saturated heterocycles. The van der Waals surface area contributed by atoms with E-state index in [0.717, 1.165) is 16.0 Å². The minimum Gasteiger partial charge on any atom is -0.508 e. The van der Waals surface area contributed by atoms with Crippen molar-refractivity contribution in [1.29, 1.82) is 0 Å². The summed E-state index contributed by atoms with van der Waals surface area (Å²) < 4.78 is 12.0. The minimum absolute atomic E-state index is 0.0259. The van der Waals surface area contributed by atoms with Crippen LogP contribution in [-0.2, 0) is 22.6 Å². The number of aromatic hydroxyl groups is 1. The zero-order valence-electron chi connectivity index (χ0n) is 20.6. The van der Waals surface area contributed by atoms with Gasteiger partial charge in [0.15, 0.2) is 11.5 Å². The van der Waals surface area contributed by atoms with Crippen molar-refractivity contribution in [3.8, 4) is 17.2 Å². The standard InChI is InChI=1S/C29H25ClN2O6/c1-3-5-20-14-19(16-25(37-4-2)26(20)38-17-18-6-8-21(30)9-7-18)15-24-27(34)31-29(36)32(28(24)35)22-10-12-23(33)13-11-22/h3,6-16,33H,1,4-5,17H2,2H3,(H,31,34,36)/b24-15+. The van der Waals surface area contributed by atoms with Crippen LogP contribution >= 0.6 is 11.6 Å². The first-order valence-corrected chi connectivity index (χ1v) is 12.2. The lowest BCUT2D eigenvalue weighted by atomic mass is 10.0. The highest BCUT2D eigenvalue weighted by molar-refractivity contribution is 6.39. The lowest BCUT2D eigenvalue weighted by molar-refractivity contribution is -0.122. The normalized spacial score (nSPS) is 14.4. The molecule has 0 unspecified atom stereocenters. The molecule has 8 nitrogen and oxygen atoms in total. The van der Waals surface area contributed by atoms with Gasteiger partial charge in [-0.25, -0.2) is 9.69 Å². The molecule has 4 amide bonds. The summed E-state index contributed by atoms with van der Waals surface area (Å²) in [6, 6.07) is 15.3. The highest BCUT2D eigenvalue weighted by Crippen LogP contribution is 2.36. The molecule has 0 spiro atoms. The average Bonchev–Trinajstić information content (AvgIpc) is 2.88. The molecule has 0 atom stereocenters. The van der Waals surface area contributed by atoms with Crippen molar-refractivity contribution in [2.45, 2.75) is 20.0 Å². The predicted molar refractivity (Wildman–Crippen MR) is 144 cm³/mol. The summed E-state index contributed by atoms with van der Waals surface area (Å²) in [5, 5.41) is 12.4. The summed E-state index contributed by atoms with van der Waals surface area (Å²) in [6.07, 6.45) is 3.54. The van der Waals surface area contributed by atoms with E-state index >= 15 is 0 Å². The van der Waals surface area contributed by atoms with E-state index in [2.05, 4.69) is 11.9 Å². The Hall–Kier alpha value is -4.56. The van der Waals surface area contributed by atoms with E-state index in [1.165, 1.54) is 30.3 Å². The molecule has 1 heterocycles. The zero-order chi connectivity index (χ0) is 27.2. The zero-order valence-corrected chi connectivity index (χ0v) is 21.3. The number of nitrogens with zero attached hydrogens (tertiary/aromatic N) is 1. The largest absolute Gasteiger partial charge is 0.508 e. The molecule has 2 N–H and O–H groups in total. The molecule has 38 heavy (non-hydrogen) atoms. The van der Waals surface area contributed by atoms with Crippen molar-refractivity contribution in [3.63, 3.8) is 0 Å².